The molecule has 5 heteroatoms. The molecule has 1 aromatic carbocycles. The van der Waals surface area contributed by atoms with Crippen LogP contribution in [-0.4, -0.2) is 20.7 Å². The molecule has 0 aliphatic carbocycles. The van der Waals surface area contributed by atoms with Crippen LogP contribution in [0.3, 0.4) is 0 Å². The molecule has 1 aromatic heterocycles. The molecule has 1 aliphatic heterocycles. The summed E-state index contributed by atoms with van der Waals surface area (Å²) in [6, 6.07) is 8.65. The van der Waals surface area contributed by atoms with E-state index in [1.54, 1.807) is 0 Å². The molecule has 4 nitrogen and oxygen atoms in total. The summed E-state index contributed by atoms with van der Waals surface area (Å²) in [4.78, 5) is 1.40. The van der Waals surface area contributed by atoms with Crippen molar-refractivity contribution >= 4 is 11.8 Å². The van der Waals surface area contributed by atoms with Gasteiger partial charge in [0.15, 0.2) is 0 Å². The van der Waals surface area contributed by atoms with Gasteiger partial charge in [-0.1, -0.05) is 36.8 Å². The number of hydrogen-bond donors (Lipinski definition) is 1. The molecule has 1 aliphatic rings. The number of fused-ring (bicyclic) bond motifs is 1. The van der Waals surface area contributed by atoms with Crippen LogP contribution in [0.5, 0.6) is 0 Å². The zero-order valence-electron chi connectivity index (χ0n) is 11.7. The molecule has 0 saturated carbocycles. The number of nitrogens with zero attached hydrogens (tertiary/aromatic N) is 3. The van der Waals surface area contributed by atoms with E-state index in [-0.39, 0.29) is 6.04 Å². The molecule has 20 heavy (non-hydrogen) atoms. The third-order valence-corrected chi connectivity index (χ3v) is 4.99. The van der Waals surface area contributed by atoms with Crippen molar-refractivity contribution in [3.8, 4) is 0 Å². The van der Waals surface area contributed by atoms with Crippen molar-refractivity contribution in [2.75, 3.05) is 5.75 Å². The molecule has 2 atom stereocenters. The first-order valence-corrected chi connectivity index (χ1v) is 8.13. The largest absolute Gasteiger partial charge is 0.323 e. The van der Waals surface area contributed by atoms with Gasteiger partial charge in [-0.2, -0.15) is 0 Å². The van der Waals surface area contributed by atoms with Crippen LogP contribution in [0.4, 0.5) is 0 Å². The molecule has 2 unspecified atom stereocenters. The lowest BCUT2D eigenvalue weighted by atomic mass is 10.0. The highest BCUT2D eigenvalue weighted by Gasteiger charge is 2.23. The number of benzene rings is 1. The predicted molar refractivity (Wildman–Crippen MR) is 81.8 cm³/mol. The molecule has 0 amide bonds. The summed E-state index contributed by atoms with van der Waals surface area (Å²) in [7, 11) is 0. The Morgan fingerprint density at radius 1 is 1.45 bits per heavy atom. The Kier molecular flexibility index (Phi) is 4.08. The van der Waals surface area contributed by atoms with E-state index in [2.05, 4.69) is 41.5 Å². The monoisotopic (exact) mass is 288 g/mol. The molecular weight excluding hydrogens is 268 g/mol. The second-order valence-electron chi connectivity index (χ2n) is 5.31. The molecule has 0 saturated heterocycles. The van der Waals surface area contributed by atoms with Gasteiger partial charge in [-0.15, -0.1) is 16.9 Å². The lowest BCUT2D eigenvalue weighted by Crippen LogP contribution is -2.11. The first kappa shape index (κ1) is 13.6. The zero-order chi connectivity index (χ0) is 13.9. The van der Waals surface area contributed by atoms with Crippen molar-refractivity contribution in [2.45, 2.75) is 43.2 Å². The molecule has 0 spiro atoms. The van der Waals surface area contributed by atoms with Gasteiger partial charge in [0.05, 0.1) is 24.5 Å². The lowest BCUT2D eigenvalue weighted by Gasteiger charge is -2.10. The number of aromatic nitrogens is 3. The average molecular weight is 288 g/mol. The maximum absolute atomic E-state index is 6.08. The molecule has 106 valence electrons. The fourth-order valence-electron chi connectivity index (χ4n) is 2.64. The highest BCUT2D eigenvalue weighted by atomic mass is 32.2. The average Bonchev–Trinajstić information content (AvgIpc) is 3.08. The number of rotatable bonds is 5. The van der Waals surface area contributed by atoms with E-state index in [4.69, 9.17) is 5.73 Å². The molecular formula is C15H20N4S. The highest BCUT2D eigenvalue weighted by Crippen LogP contribution is 2.39. The minimum Gasteiger partial charge on any atom is -0.323 e. The van der Waals surface area contributed by atoms with Gasteiger partial charge in [0.25, 0.3) is 0 Å². The van der Waals surface area contributed by atoms with Gasteiger partial charge in [0, 0.05) is 16.6 Å². The van der Waals surface area contributed by atoms with Gasteiger partial charge in [-0.25, -0.2) is 0 Å². The summed E-state index contributed by atoms with van der Waals surface area (Å²) in [6.45, 7) is 3.02. The minimum absolute atomic E-state index is 0.0130. The van der Waals surface area contributed by atoms with Crippen molar-refractivity contribution in [2.24, 2.45) is 5.73 Å². The van der Waals surface area contributed by atoms with Crippen LogP contribution in [0, 0.1) is 0 Å². The lowest BCUT2D eigenvalue weighted by molar-refractivity contribution is 0.532. The van der Waals surface area contributed by atoms with E-state index >= 15 is 0 Å². The Labute approximate surface area is 123 Å². The maximum Gasteiger partial charge on any atom is 0.0994 e. The Morgan fingerprint density at radius 3 is 3.15 bits per heavy atom. The SMILES string of the molecule is CCCC(N)c1cn(CC2CSc3ccccc32)nn1. The molecule has 2 heterocycles. The van der Waals surface area contributed by atoms with Crippen LogP contribution in [-0.2, 0) is 6.54 Å². The third kappa shape index (κ3) is 2.74. The summed E-state index contributed by atoms with van der Waals surface area (Å²) in [5, 5.41) is 8.45. The number of hydrogen-bond acceptors (Lipinski definition) is 4. The van der Waals surface area contributed by atoms with E-state index in [0.717, 1.165) is 30.8 Å². The van der Waals surface area contributed by atoms with Crippen molar-refractivity contribution in [3.05, 3.63) is 41.7 Å². The van der Waals surface area contributed by atoms with Gasteiger partial charge < -0.3 is 5.73 Å². The summed E-state index contributed by atoms with van der Waals surface area (Å²) in [5.41, 5.74) is 8.43. The van der Waals surface area contributed by atoms with Crippen molar-refractivity contribution < 1.29 is 0 Å². The Morgan fingerprint density at radius 2 is 2.30 bits per heavy atom. The van der Waals surface area contributed by atoms with E-state index in [0.29, 0.717) is 5.92 Å². The van der Waals surface area contributed by atoms with E-state index < -0.39 is 0 Å². The highest BCUT2D eigenvalue weighted by molar-refractivity contribution is 7.99. The van der Waals surface area contributed by atoms with Gasteiger partial charge >= 0.3 is 0 Å². The minimum atomic E-state index is 0.0130. The van der Waals surface area contributed by atoms with Crippen LogP contribution in [0.1, 0.15) is 43.0 Å². The molecule has 2 aromatic rings. The number of nitrogens with two attached hydrogens (primary N) is 1. The van der Waals surface area contributed by atoms with Crippen molar-refractivity contribution in [1.82, 2.24) is 15.0 Å². The first-order chi connectivity index (χ1) is 9.78. The second kappa shape index (κ2) is 5.97. The topological polar surface area (TPSA) is 56.7 Å². The molecule has 0 fully saturated rings. The van der Waals surface area contributed by atoms with Gasteiger partial charge in [0.1, 0.15) is 0 Å². The Balaban J connectivity index is 1.70. The van der Waals surface area contributed by atoms with Crippen LogP contribution in [0.15, 0.2) is 35.4 Å². The molecule has 2 N–H and O–H groups in total. The van der Waals surface area contributed by atoms with Crippen LogP contribution >= 0.6 is 11.8 Å². The zero-order valence-corrected chi connectivity index (χ0v) is 12.5. The maximum atomic E-state index is 6.08. The second-order valence-corrected chi connectivity index (χ2v) is 6.37. The summed E-state index contributed by atoms with van der Waals surface area (Å²) in [5.74, 6) is 1.64. The van der Waals surface area contributed by atoms with Gasteiger partial charge in [-0.05, 0) is 18.1 Å². The molecule has 0 bridgehead atoms. The predicted octanol–water partition coefficient (Wildman–Crippen LogP) is 2.97. The third-order valence-electron chi connectivity index (χ3n) is 3.74. The number of thioether (sulfide) groups is 1. The quantitative estimate of drug-likeness (QED) is 0.919. The van der Waals surface area contributed by atoms with E-state index in [9.17, 15) is 0 Å². The van der Waals surface area contributed by atoms with Crippen molar-refractivity contribution in [1.29, 1.82) is 0 Å². The van der Waals surface area contributed by atoms with Crippen LogP contribution < -0.4 is 5.73 Å². The fraction of sp³-hybridized carbons (Fsp3) is 0.467. The molecule has 3 rings (SSSR count). The van der Waals surface area contributed by atoms with E-state index in [1.807, 2.05) is 22.6 Å². The van der Waals surface area contributed by atoms with E-state index in [1.165, 1.54) is 10.5 Å². The fourth-order valence-corrected chi connectivity index (χ4v) is 3.88. The normalized spacial score (nSPS) is 19.0. The molecule has 0 radical (unpaired) electrons. The smallest absolute Gasteiger partial charge is 0.0994 e. The van der Waals surface area contributed by atoms with Gasteiger partial charge in [0.2, 0.25) is 0 Å². The van der Waals surface area contributed by atoms with Crippen LogP contribution in [0.2, 0.25) is 0 Å². The first-order valence-electron chi connectivity index (χ1n) is 7.15. The Bertz CT molecular complexity index is 581. The summed E-state index contributed by atoms with van der Waals surface area (Å²) in [6.07, 6.45) is 4.04. The summed E-state index contributed by atoms with van der Waals surface area (Å²) >= 11 is 1.93. The summed E-state index contributed by atoms with van der Waals surface area (Å²) < 4.78 is 1.94. The van der Waals surface area contributed by atoms with Gasteiger partial charge in [-0.3, -0.25) is 4.68 Å². The standard InChI is InChI=1S/C15H20N4S/c1-2-5-13(16)14-9-19(18-17-14)8-11-10-20-15-7-4-3-6-12(11)15/h3-4,6-7,9,11,13H,2,5,8,10,16H2,1H3. The van der Waals surface area contributed by atoms with Crippen LogP contribution in [0.25, 0.3) is 0 Å². The van der Waals surface area contributed by atoms with Crippen molar-refractivity contribution in [3.63, 3.8) is 0 Å². The Hall–Kier alpha value is -1.33.